The summed E-state index contributed by atoms with van der Waals surface area (Å²) in [6.45, 7) is 4.33. The van der Waals surface area contributed by atoms with E-state index >= 15 is 0 Å². The van der Waals surface area contributed by atoms with Crippen molar-refractivity contribution in [2.75, 3.05) is 6.26 Å². The van der Waals surface area contributed by atoms with E-state index in [2.05, 4.69) is 31.0 Å². The topological polar surface area (TPSA) is 52.0 Å². The summed E-state index contributed by atoms with van der Waals surface area (Å²) in [5, 5.41) is 0.559. The SMILES string of the molecule is CC(C)c1ccccc1-c1nccn1-c1ccc(-c2cccc(S(C)(=O)=O)c2)cc1Cl. The van der Waals surface area contributed by atoms with E-state index in [1.807, 2.05) is 47.2 Å². The van der Waals surface area contributed by atoms with Gasteiger partial charge in [-0.15, -0.1) is 0 Å². The predicted octanol–water partition coefficient (Wildman–Crippen LogP) is 6.39. The van der Waals surface area contributed by atoms with E-state index in [4.69, 9.17) is 11.6 Å². The van der Waals surface area contributed by atoms with Crippen molar-refractivity contribution in [3.8, 4) is 28.2 Å². The second-order valence-electron chi connectivity index (χ2n) is 7.83. The van der Waals surface area contributed by atoms with Crippen LogP contribution in [0, 0.1) is 0 Å². The molecule has 0 bridgehead atoms. The molecule has 4 aromatic rings. The van der Waals surface area contributed by atoms with E-state index in [-0.39, 0.29) is 4.90 Å². The van der Waals surface area contributed by atoms with E-state index in [0.29, 0.717) is 10.9 Å². The van der Waals surface area contributed by atoms with Gasteiger partial charge in [0.25, 0.3) is 0 Å². The molecule has 4 rings (SSSR count). The fraction of sp³-hybridized carbons (Fsp3) is 0.160. The highest BCUT2D eigenvalue weighted by atomic mass is 35.5. The molecule has 0 unspecified atom stereocenters. The highest BCUT2D eigenvalue weighted by Crippen LogP contribution is 2.33. The van der Waals surface area contributed by atoms with Gasteiger partial charge >= 0.3 is 0 Å². The van der Waals surface area contributed by atoms with Crippen LogP contribution in [0.2, 0.25) is 5.02 Å². The molecule has 0 N–H and O–H groups in total. The normalized spacial score (nSPS) is 11.8. The largest absolute Gasteiger partial charge is 0.298 e. The third kappa shape index (κ3) is 4.29. The lowest BCUT2D eigenvalue weighted by molar-refractivity contribution is 0.602. The Balaban J connectivity index is 1.78. The number of hydrogen-bond acceptors (Lipinski definition) is 3. The molecule has 3 aromatic carbocycles. The van der Waals surface area contributed by atoms with Gasteiger partial charge in [-0.2, -0.15) is 0 Å². The summed E-state index contributed by atoms with van der Waals surface area (Å²) in [6, 6.07) is 20.9. The van der Waals surface area contributed by atoms with E-state index in [1.54, 1.807) is 24.4 Å². The van der Waals surface area contributed by atoms with Crippen molar-refractivity contribution in [2.24, 2.45) is 0 Å². The zero-order chi connectivity index (χ0) is 22.2. The summed E-state index contributed by atoms with van der Waals surface area (Å²) >= 11 is 6.70. The van der Waals surface area contributed by atoms with Crippen LogP contribution < -0.4 is 0 Å². The molecule has 6 heteroatoms. The van der Waals surface area contributed by atoms with Gasteiger partial charge in [-0.3, -0.25) is 4.57 Å². The Morgan fingerprint density at radius 3 is 2.39 bits per heavy atom. The fourth-order valence-corrected chi connectivity index (χ4v) is 4.63. The van der Waals surface area contributed by atoms with Crippen LogP contribution in [0.3, 0.4) is 0 Å². The average Bonchev–Trinajstić information content (AvgIpc) is 3.22. The Morgan fingerprint density at radius 1 is 0.935 bits per heavy atom. The number of aromatic nitrogens is 2. The van der Waals surface area contributed by atoms with Gasteiger partial charge in [0.2, 0.25) is 0 Å². The third-order valence-corrected chi connectivity index (χ3v) is 6.68. The zero-order valence-corrected chi connectivity index (χ0v) is 19.2. The predicted molar refractivity (Wildman–Crippen MR) is 127 cm³/mol. The molecule has 0 aliphatic carbocycles. The van der Waals surface area contributed by atoms with Gasteiger partial charge in [0.05, 0.1) is 15.6 Å². The molecule has 0 fully saturated rings. The number of rotatable bonds is 5. The molecule has 1 heterocycles. The molecule has 0 saturated heterocycles. The summed E-state index contributed by atoms with van der Waals surface area (Å²) in [5.74, 6) is 1.19. The average molecular weight is 451 g/mol. The van der Waals surface area contributed by atoms with Gasteiger partial charge in [-0.25, -0.2) is 13.4 Å². The number of halogens is 1. The first-order valence-electron chi connectivity index (χ1n) is 9.99. The van der Waals surface area contributed by atoms with Crippen LogP contribution in [0.25, 0.3) is 28.2 Å². The number of hydrogen-bond donors (Lipinski definition) is 0. The van der Waals surface area contributed by atoms with Crippen molar-refractivity contribution in [2.45, 2.75) is 24.7 Å². The fourth-order valence-electron chi connectivity index (χ4n) is 3.69. The van der Waals surface area contributed by atoms with Crippen molar-refractivity contribution >= 4 is 21.4 Å². The van der Waals surface area contributed by atoms with Crippen LogP contribution in [-0.2, 0) is 9.84 Å². The highest BCUT2D eigenvalue weighted by Gasteiger charge is 2.16. The molecule has 0 radical (unpaired) electrons. The maximum Gasteiger partial charge on any atom is 0.175 e. The number of imidazole rings is 1. The number of nitrogens with zero attached hydrogens (tertiary/aromatic N) is 2. The lowest BCUT2D eigenvalue weighted by Gasteiger charge is -2.15. The van der Waals surface area contributed by atoms with Crippen LogP contribution in [0.4, 0.5) is 0 Å². The van der Waals surface area contributed by atoms with E-state index in [1.165, 1.54) is 11.8 Å². The Kier molecular flexibility index (Phi) is 5.73. The van der Waals surface area contributed by atoms with Crippen LogP contribution in [-0.4, -0.2) is 24.2 Å². The summed E-state index contributed by atoms with van der Waals surface area (Å²) in [7, 11) is -3.28. The molecule has 0 saturated carbocycles. The van der Waals surface area contributed by atoms with Gasteiger partial charge in [0.15, 0.2) is 9.84 Å². The third-order valence-electron chi connectivity index (χ3n) is 5.27. The number of sulfone groups is 1. The molecule has 31 heavy (non-hydrogen) atoms. The van der Waals surface area contributed by atoms with Gasteiger partial charge in [-0.1, -0.05) is 67.9 Å². The minimum absolute atomic E-state index is 0.285. The van der Waals surface area contributed by atoms with Crippen LogP contribution >= 0.6 is 11.6 Å². The molecule has 1 aromatic heterocycles. The Bertz CT molecular complexity index is 1360. The molecule has 0 spiro atoms. The Hall–Kier alpha value is -2.89. The van der Waals surface area contributed by atoms with E-state index in [9.17, 15) is 8.42 Å². The lowest BCUT2D eigenvalue weighted by atomic mass is 9.97. The quantitative estimate of drug-likeness (QED) is 0.354. The molecular weight excluding hydrogens is 428 g/mol. The first kappa shape index (κ1) is 21.3. The minimum atomic E-state index is -3.28. The van der Waals surface area contributed by atoms with Crippen LogP contribution in [0.5, 0.6) is 0 Å². The molecule has 0 aliphatic rings. The van der Waals surface area contributed by atoms with E-state index < -0.39 is 9.84 Å². The first-order valence-corrected chi connectivity index (χ1v) is 12.3. The van der Waals surface area contributed by atoms with Gasteiger partial charge < -0.3 is 0 Å². The van der Waals surface area contributed by atoms with Gasteiger partial charge in [0, 0.05) is 24.2 Å². The zero-order valence-electron chi connectivity index (χ0n) is 17.6. The maximum atomic E-state index is 11.9. The van der Waals surface area contributed by atoms with Gasteiger partial charge in [0.1, 0.15) is 5.82 Å². The first-order chi connectivity index (χ1) is 14.8. The van der Waals surface area contributed by atoms with Crippen LogP contribution in [0.15, 0.2) is 84.0 Å². The molecule has 0 atom stereocenters. The number of benzene rings is 3. The molecule has 158 valence electrons. The lowest BCUT2D eigenvalue weighted by Crippen LogP contribution is -2.01. The Labute approximate surface area is 188 Å². The van der Waals surface area contributed by atoms with Crippen LogP contribution in [0.1, 0.15) is 25.3 Å². The van der Waals surface area contributed by atoms with Crippen molar-refractivity contribution in [3.63, 3.8) is 0 Å². The maximum absolute atomic E-state index is 11.9. The summed E-state index contributed by atoms with van der Waals surface area (Å²) in [4.78, 5) is 4.89. The van der Waals surface area contributed by atoms with Gasteiger partial charge in [-0.05, 0) is 46.9 Å². The van der Waals surface area contributed by atoms with Crippen molar-refractivity contribution < 1.29 is 8.42 Å². The standard InChI is InChI=1S/C25H23ClN2O2S/c1-17(2)21-9-4-5-10-22(21)25-27-13-14-28(25)24-12-11-19(16-23(24)26)18-7-6-8-20(15-18)31(3,29)30/h4-17H,1-3H3. The molecule has 0 amide bonds. The minimum Gasteiger partial charge on any atom is -0.298 e. The smallest absolute Gasteiger partial charge is 0.175 e. The summed E-state index contributed by atoms with van der Waals surface area (Å²) in [6.07, 6.45) is 4.88. The Morgan fingerprint density at radius 2 is 1.68 bits per heavy atom. The molecular formula is C25H23ClN2O2S. The summed E-state index contributed by atoms with van der Waals surface area (Å²) < 4.78 is 25.8. The molecule has 0 aliphatic heterocycles. The monoisotopic (exact) mass is 450 g/mol. The van der Waals surface area contributed by atoms with E-state index in [0.717, 1.165) is 28.2 Å². The van der Waals surface area contributed by atoms with Crippen molar-refractivity contribution in [1.82, 2.24) is 9.55 Å². The second-order valence-corrected chi connectivity index (χ2v) is 10.3. The molecule has 4 nitrogen and oxygen atoms in total. The summed E-state index contributed by atoms with van der Waals surface area (Å²) in [5.41, 5.74) is 4.76. The highest BCUT2D eigenvalue weighted by molar-refractivity contribution is 7.90. The van der Waals surface area contributed by atoms with Crippen molar-refractivity contribution in [3.05, 3.63) is 89.7 Å². The second kappa shape index (κ2) is 8.33. The van der Waals surface area contributed by atoms with Crippen molar-refractivity contribution in [1.29, 1.82) is 0 Å².